The number of hydrogen-bond donors (Lipinski definition) is 0. The molecule has 5 rings (SSSR count). The van der Waals surface area contributed by atoms with Crippen molar-refractivity contribution in [1.29, 1.82) is 0 Å². The highest BCUT2D eigenvalue weighted by atomic mass is 35.5. The average molecular weight is 596 g/mol. The van der Waals surface area contributed by atoms with Gasteiger partial charge in [0.15, 0.2) is 17.7 Å². The predicted octanol–water partition coefficient (Wildman–Crippen LogP) is 5.10. The molecule has 0 aliphatic rings. The molecule has 41 heavy (non-hydrogen) atoms. The Kier molecular flexibility index (Phi) is 7.33. The van der Waals surface area contributed by atoms with E-state index >= 15 is 0 Å². The van der Waals surface area contributed by atoms with Crippen molar-refractivity contribution >= 4 is 11.6 Å². The van der Waals surface area contributed by atoms with Crippen LogP contribution in [0.4, 0.5) is 22.0 Å². The zero-order chi connectivity index (χ0) is 29.5. The summed E-state index contributed by atoms with van der Waals surface area (Å²) in [5.74, 6) is 0.106. The van der Waals surface area contributed by atoms with Crippen molar-refractivity contribution in [3.05, 3.63) is 77.0 Å². The minimum absolute atomic E-state index is 0.0979. The Morgan fingerprint density at radius 1 is 1.12 bits per heavy atom. The largest absolute Gasteiger partial charge is 0.618 e. The van der Waals surface area contributed by atoms with Gasteiger partial charge in [0.2, 0.25) is 5.69 Å². The molecule has 4 heterocycles. The molecule has 0 radical (unpaired) electrons. The van der Waals surface area contributed by atoms with Crippen LogP contribution in [-0.4, -0.2) is 46.6 Å². The number of alkyl halides is 5. The van der Waals surface area contributed by atoms with Crippen LogP contribution in [0.1, 0.15) is 37.3 Å². The number of benzene rings is 1. The van der Waals surface area contributed by atoms with Crippen LogP contribution in [0.15, 0.2) is 55.4 Å². The van der Waals surface area contributed by atoms with E-state index in [0.29, 0.717) is 15.8 Å². The highest BCUT2D eigenvalue weighted by Crippen LogP contribution is 2.37. The highest BCUT2D eigenvalue weighted by Gasteiger charge is 2.35. The van der Waals surface area contributed by atoms with Gasteiger partial charge in [-0.2, -0.15) is 41.6 Å². The third-order valence-electron chi connectivity index (χ3n) is 6.21. The van der Waals surface area contributed by atoms with Crippen LogP contribution in [0.3, 0.4) is 0 Å². The summed E-state index contributed by atoms with van der Waals surface area (Å²) in [6.07, 6.45) is 1.38. The molecule has 0 aliphatic heterocycles. The van der Waals surface area contributed by atoms with Gasteiger partial charge in [0.25, 0.3) is 0 Å². The van der Waals surface area contributed by atoms with Crippen LogP contribution in [-0.2, 0) is 6.18 Å². The second kappa shape index (κ2) is 10.8. The molecule has 0 aliphatic carbocycles. The smallest absolute Gasteiger partial charge is 0.436 e. The van der Waals surface area contributed by atoms with E-state index in [1.54, 1.807) is 6.92 Å². The molecule has 0 unspecified atom stereocenters. The molecule has 0 bridgehead atoms. The number of ether oxygens (including phenoxy) is 1. The molecule has 1 aromatic carbocycles. The van der Waals surface area contributed by atoms with Crippen LogP contribution in [0.25, 0.3) is 28.2 Å². The standard InChI is InChI=1S/C24H19ClF5N9O2/c1-3-17(36-9-13(8-32-36)22-31-12-33-39(22)23(26)27)19-7-20(41-2)16(10-38(19)40)15-6-14(25)4-5-18(15)37-11-21(34-35-37)24(28,29)30/h4-12,17,23H,3H2,1-2H3/t17-/m1/s1. The molecule has 0 N–H and O–H groups in total. The maximum Gasteiger partial charge on any atom is 0.436 e. The summed E-state index contributed by atoms with van der Waals surface area (Å²) in [7, 11) is 1.36. The topological polar surface area (TPSA) is 115 Å². The van der Waals surface area contributed by atoms with E-state index in [-0.39, 0.29) is 44.7 Å². The lowest BCUT2D eigenvalue weighted by Gasteiger charge is -2.19. The Balaban J connectivity index is 1.57. The van der Waals surface area contributed by atoms with Crippen molar-refractivity contribution in [2.75, 3.05) is 7.11 Å². The highest BCUT2D eigenvalue weighted by molar-refractivity contribution is 6.31. The normalized spacial score (nSPS) is 12.7. The molecular weight excluding hydrogens is 577 g/mol. The van der Waals surface area contributed by atoms with E-state index in [1.165, 1.54) is 54.6 Å². The van der Waals surface area contributed by atoms with Crippen LogP contribution >= 0.6 is 11.6 Å². The zero-order valence-corrected chi connectivity index (χ0v) is 21.9. The molecular formula is C24H19ClF5N9O2. The van der Waals surface area contributed by atoms with Crippen LogP contribution < -0.4 is 9.47 Å². The number of halogens is 6. The first-order valence-corrected chi connectivity index (χ1v) is 12.2. The average Bonchev–Trinajstić information content (AvgIpc) is 3.70. The van der Waals surface area contributed by atoms with Gasteiger partial charge in [-0.1, -0.05) is 23.7 Å². The quantitative estimate of drug-likeness (QED) is 0.139. The van der Waals surface area contributed by atoms with Gasteiger partial charge in [-0.15, -0.1) is 5.10 Å². The van der Waals surface area contributed by atoms with E-state index in [2.05, 4.69) is 25.5 Å². The van der Waals surface area contributed by atoms with Crippen molar-refractivity contribution in [1.82, 2.24) is 39.5 Å². The molecule has 0 spiro atoms. The lowest BCUT2D eigenvalue weighted by Crippen LogP contribution is -2.35. The second-order valence-corrected chi connectivity index (χ2v) is 9.09. The summed E-state index contributed by atoms with van der Waals surface area (Å²) in [6, 6.07) is 5.16. The summed E-state index contributed by atoms with van der Waals surface area (Å²) in [4.78, 5) is 3.87. The summed E-state index contributed by atoms with van der Waals surface area (Å²) in [5.41, 5.74) is -0.108. The predicted molar refractivity (Wildman–Crippen MR) is 133 cm³/mol. The first-order chi connectivity index (χ1) is 19.5. The van der Waals surface area contributed by atoms with Crippen molar-refractivity contribution in [3.8, 4) is 34.0 Å². The number of rotatable bonds is 8. The fraction of sp³-hybridized carbons (Fsp3) is 0.250. The Hall–Kier alpha value is -4.60. The van der Waals surface area contributed by atoms with E-state index in [4.69, 9.17) is 16.3 Å². The molecule has 11 nitrogen and oxygen atoms in total. The van der Waals surface area contributed by atoms with Crippen molar-refractivity contribution in [2.45, 2.75) is 32.1 Å². The van der Waals surface area contributed by atoms with Crippen LogP contribution in [0.2, 0.25) is 5.02 Å². The van der Waals surface area contributed by atoms with E-state index in [9.17, 15) is 27.2 Å². The van der Waals surface area contributed by atoms with Gasteiger partial charge >= 0.3 is 12.7 Å². The first kappa shape index (κ1) is 27.9. The lowest BCUT2D eigenvalue weighted by atomic mass is 10.0. The lowest BCUT2D eigenvalue weighted by molar-refractivity contribution is -0.615. The summed E-state index contributed by atoms with van der Waals surface area (Å²) >= 11 is 6.21. The number of nitrogens with zero attached hydrogens (tertiary/aromatic N) is 9. The van der Waals surface area contributed by atoms with Crippen LogP contribution in [0, 0.1) is 5.21 Å². The molecule has 4 aromatic heterocycles. The van der Waals surface area contributed by atoms with Gasteiger partial charge in [0, 0.05) is 16.8 Å². The molecule has 0 fully saturated rings. The molecule has 0 saturated heterocycles. The fourth-order valence-corrected chi connectivity index (χ4v) is 4.51. The number of methoxy groups -OCH3 is 1. The maximum absolute atomic E-state index is 13.4. The Bertz CT molecular complexity index is 1700. The molecule has 0 saturated carbocycles. The van der Waals surface area contributed by atoms with Gasteiger partial charge in [0.05, 0.1) is 42.4 Å². The monoisotopic (exact) mass is 595 g/mol. The first-order valence-electron chi connectivity index (χ1n) is 11.8. The molecule has 1 atom stereocenters. The molecule has 5 aromatic rings. The molecule has 214 valence electrons. The molecule has 0 amide bonds. The second-order valence-electron chi connectivity index (χ2n) is 8.65. The minimum atomic E-state index is -4.71. The number of aromatic nitrogens is 9. The fourth-order valence-electron chi connectivity index (χ4n) is 4.34. The van der Waals surface area contributed by atoms with E-state index in [0.717, 1.165) is 17.2 Å². The third-order valence-corrected chi connectivity index (χ3v) is 6.44. The third kappa shape index (κ3) is 5.29. The van der Waals surface area contributed by atoms with Crippen molar-refractivity contribution in [2.24, 2.45) is 0 Å². The van der Waals surface area contributed by atoms with Crippen molar-refractivity contribution in [3.63, 3.8) is 0 Å². The van der Waals surface area contributed by atoms with Crippen LogP contribution in [0.5, 0.6) is 5.75 Å². The van der Waals surface area contributed by atoms with E-state index < -0.39 is 24.5 Å². The maximum atomic E-state index is 13.4. The SMILES string of the molecule is CC[C@H](c1cc(OC)c(-c2cc(Cl)ccc2-n2cc(C(F)(F)F)nn2)c[n+]1[O-])n1cc(-c2ncnn2C(F)F)cn1. The van der Waals surface area contributed by atoms with Gasteiger partial charge in [-0.3, -0.25) is 4.68 Å². The summed E-state index contributed by atoms with van der Waals surface area (Å²) < 4.78 is 75.0. The summed E-state index contributed by atoms with van der Waals surface area (Å²) in [6.45, 7) is -1.11. The van der Waals surface area contributed by atoms with Gasteiger partial charge in [-0.25, -0.2) is 9.67 Å². The Morgan fingerprint density at radius 2 is 1.90 bits per heavy atom. The number of pyridine rings is 1. The number of hydrogen-bond acceptors (Lipinski definition) is 7. The van der Waals surface area contributed by atoms with Gasteiger partial charge < -0.3 is 9.94 Å². The Morgan fingerprint density at radius 3 is 2.56 bits per heavy atom. The summed E-state index contributed by atoms with van der Waals surface area (Å²) in [5, 5.41) is 28.2. The Labute approximate surface area is 233 Å². The van der Waals surface area contributed by atoms with E-state index in [1.807, 2.05) is 0 Å². The van der Waals surface area contributed by atoms with Gasteiger partial charge in [-0.05, 0) is 24.6 Å². The minimum Gasteiger partial charge on any atom is -0.618 e. The molecule has 17 heteroatoms. The zero-order valence-electron chi connectivity index (χ0n) is 21.2. The van der Waals surface area contributed by atoms with Gasteiger partial charge in [0.1, 0.15) is 18.1 Å². The van der Waals surface area contributed by atoms with Crippen molar-refractivity contribution < 1.29 is 31.4 Å².